The third-order valence-electron chi connectivity index (χ3n) is 1.59. The summed E-state index contributed by atoms with van der Waals surface area (Å²) >= 11 is 0. The molecular weight excluding hydrogens is 119 g/mol. The van der Waals surface area contributed by atoms with Crippen molar-refractivity contribution in [2.75, 3.05) is 0 Å². The van der Waals surface area contributed by atoms with Crippen LogP contribution in [0.5, 0.6) is 0 Å². The molecule has 1 aliphatic carbocycles. The van der Waals surface area contributed by atoms with Crippen LogP contribution in [0.3, 0.4) is 0 Å². The van der Waals surface area contributed by atoms with E-state index in [4.69, 9.17) is 0 Å². The predicted molar refractivity (Wildman–Crippen MR) is 32.6 cm³/mol. The van der Waals surface area contributed by atoms with Crippen LogP contribution in [0.2, 0.25) is 0 Å². The van der Waals surface area contributed by atoms with Gasteiger partial charge in [0.2, 0.25) is 0 Å². The molecule has 0 amide bonds. The smallest absolute Gasteiger partial charge is 0.142 e. The van der Waals surface area contributed by atoms with Gasteiger partial charge >= 0.3 is 0 Å². The quantitative estimate of drug-likeness (QED) is 0.486. The Morgan fingerprint density at radius 1 is 1.78 bits per heavy atom. The van der Waals surface area contributed by atoms with Crippen molar-refractivity contribution in [3.8, 4) is 0 Å². The van der Waals surface area contributed by atoms with Gasteiger partial charge in [-0.2, -0.15) is 0 Å². The monoisotopic (exact) mass is 128 g/mol. The van der Waals surface area contributed by atoms with Crippen molar-refractivity contribution >= 4 is 5.78 Å². The highest BCUT2D eigenvalue weighted by molar-refractivity contribution is 5.83. The largest absolute Gasteiger partial charge is 0.299 e. The molecule has 1 aliphatic rings. The second kappa shape index (κ2) is 2.29. The Kier molecular flexibility index (Phi) is 1.65. The maximum atomic E-state index is 12.2. The molecule has 0 spiro atoms. The first-order valence-corrected chi connectivity index (χ1v) is 3.07. The summed E-state index contributed by atoms with van der Waals surface area (Å²) in [5.74, 6) is -0.211. The lowest BCUT2D eigenvalue weighted by Crippen LogP contribution is -2.13. The molecule has 0 N–H and O–H groups in total. The number of hydrogen-bond acceptors (Lipinski definition) is 1. The van der Waals surface area contributed by atoms with Gasteiger partial charge < -0.3 is 0 Å². The molecule has 1 rings (SSSR count). The van der Waals surface area contributed by atoms with E-state index in [0.717, 1.165) is 0 Å². The number of carbonyl (C=O) groups is 1. The van der Waals surface area contributed by atoms with Crippen molar-refractivity contribution in [1.29, 1.82) is 0 Å². The maximum absolute atomic E-state index is 12.2. The van der Waals surface area contributed by atoms with Crippen LogP contribution >= 0.6 is 0 Å². The predicted octanol–water partition coefficient (Wildman–Crippen LogP) is 1.84. The van der Waals surface area contributed by atoms with Crippen LogP contribution in [0.4, 0.5) is 4.39 Å². The summed E-state index contributed by atoms with van der Waals surface area (Å²) in [5.41, 5.74) is 0. The fourth-order valence-electron chi connectivity index (χ4n) is 0.849. The van der Waals surface area contributed by atoms with Crippen LogP contribution in [0.25, 0.3) is 0 Å². The van der Waals surface area contributed by atoms with Crippen LogP contribution in [0.15, 0.2) is 11.9 Å². The summed E-state index contributed by atoms with van der Waals surface area (Å²) in [6.07, 6.45) is 2.08. The SMILES string of the molecule is CC1CC=C(F)CC1=O. The molecule has 0 aromatic rings. The van der Waals surface area contributed by atoms with Crippen LogP contribution < -0.4 is 0 Å². The molecule has 0 bridgehead atoms. The summed E-state index contributed by atoms with van der Waals surface area (Å²) < 4.78 is 12.2. The lowest BCUT2D eigenvalue weighted by molar-refractivity contribution is -0.122. The van der Waals surface area contributed by atoms with E-state index >= 15 is 0 Å². The molecule has 9 heavy (non-hydrogen) atoms. The van der Waals surface area contributed by atoms with Gasteiger partial charge in [0.05, 0.1) is 6.42 Å². The van der Waals surface area contributed by atoms with E-state index in [0.29, 0.717) is 6.42 Å². The number of hydrogen-bond donors (Lipinski definition) is 0. The average Bonchev–Trinajstić information content (AvgIpc) is 1.80. The second-order valence-electron chi connectivity index (χ2n) is 2.43. The highest BCUT2D eigenvalue weighted by Gasteiger charge is 2.18. The third kappa shape index (κ3) is 1.37. The van der Waals surface area contributed by atoms with Crippen LogP contribution in [0, 0.1) is 5.92 Å². The standard InChI is InChI=1S/C7H9FO/c1-5-2-3-6(8)4-7(5)9/h3,5H,2,4H2,1H3. The zero-order valence-corrected chi connectivity index (χ0v) is 5.36. The van der Waals surface area contributed by atoms with Gasteiger partial charge in [0.1, 0.15) is 11.6 Å². The third-order valence-corrected chi connectivity index (χ3v) is 1.59. The molecule has 0 saturated heterocycles. The Labute approximate surface area is 53.6 Å². The minimum atomic E-state index is -0.266. The molecule has 50 valence electrons. The zero-order valence-electron chi connectivity index (χ0n) is 5.36. The van der Waals surface area contributed by atoms with Crippen molar-refractivity contribution < 1.29 is 9.18 Å². The molecule has 0 saturated carbocycles. The van der Waals surface area contributed by atoms with Crippen LogP contribution in [0.1, 0.15) is 19.8 Å². The van der Waals surface area contributed by atoms with Crippen molar-refractivity contribution in [2.45, 2.75) is 19.8 Å². The van der Waals surface area contributed by atoms with Gasteiger partial charge in [-0.25, -0.2) is 4.39 Å². The summed E-state index contributed by atoms with van der Waals surface area (Å²) in [6, 6.07) is 0. The van der Waals surface area contributed by atoms with Crippen molar-refractivity contribution in [2.24, 2.45) is 5.92 Å². The lowest BCUT2D eigenvalue weighted by atomic mass is 9.94. The van der Waals surface area contributed by atoms with Gasteiger partial charge in [0, 0.05) is 5.92 Å². The van der Waals surface area contributed by atoms with E-state index in [9.17, 15) is 9.18 Å². The Balaban J connectivity index is 2.65. The number of rotatable bonds is 0. The highest BCUT2D eigenvalue weighted by atomic mass is 19.1. The number of ketones is 1. The summed E-state index contributed by atoms with van der Waals surface area (Å²) in [4.78, 5) is 10.7. The molecule has 0 radical (unpaired) electrons. The molecule has 1 nitrogen and oxygen atoms in total. The van der Waals surface area contributed by atoms with E-state index in [1.54, 1.807) is 0 Å². The second-order valence-corrected chi connectivity index (χ2v) is 2.43. The van der Waals surface area contributed by atoms with Gasteiger partial charge in [-0.15, -0.1) is 0 Å². The maximum Gasteiger partial charge on any atom is 0.142 e. The summed E-state index contributed by atoms with van der Waals surface area (Å²) in [5, 5.41) is 0. The first-order chi connectivity index (χ1) is 4.20. The van der Waals surface area contributed by atoms with Gasteiger partial charge in [-0.1, -0.05) is 13.0 Å². The van der Waals surface area contributed by atoms with E-state index in [1.165, 1.54) is 6.08 Å². The van der Waals surface area contributed by atoms with Crippen molar-refractivity contribution in [1.82, 2.24) is 0 Å². The zero-order chi connectivity index (χ0) is 6.85. The minimum absolute atomic E-state index is 0.0150. The van der Waals surface area contributed by atoms with Crippen LogP contribution in [-0.4, -0.2) is 5.78 Å². The number of halogens is 1. The lowest BCUT2D eigenvalue weighted by Gasteiger charge is -2.11. The molecule has 0 fully saturated rings. The molecule has 1 unspecified atom stereocenters. The van der Waals surface area contributed by atoms with E-state index < -0.39 is 0 Å². The van der Waals surface area contributed by atoms with Crippen molar-refractivity contribution in [3.05, 3.63) is 11.9 Å². The molecule has 0 aliphatic heterocycles. The number of Topliss-reactive ketones (excluding diaryl/α,β-unsaturated/α-hetero) is 1. The Morgan fingerprint density at radius 3 is 2.89 bits per heavy atom. The van der Waals surface area contributed by atoms with Gasteiger partial charge in [0.25, 0.3) is 0 Å². The number of carbonyl (C=O) groups excluding carboxylic acids is 1. The normalized spacial score (nSPS) is 28.0. The molecule has 2 heteroatoms. The highest BCUT2D eigenvalue weighted by Crippen LogP contribution is 2.19. The van der Waals surface area contributed by atoms with E-state index in [2.05, 4.69) is 0 Å². The molecule has 1 atom stereocenters. The van der Waals surface area contributed by atoms with E-state index in [1.807, 2.05) is 6.92 Å². The van der Waals surface area contributed by atoms with Gasteiger partial charge in [-0.3, -0.25) is 4.79 Å². The van der Waals surface area contributed by atoms with Gasteiger partial charge in [0.15, 0.2) is 0 Å². The molecule has 0 heterocycles. The van der Waals surface area contributed by atoms with E-state index in [-0.39, 0.29) is 23.9 Å². The summed E-state index contributed by atoms with van der Waals surface area (Å²) in [7, 11) is 0. The molecule has 0 aromatic carbocycles. The number of allylic oxidation sites excluding steroid dienone is 2. The summed E-state index contributed by atoms with van der Waals surface area (Å²) in [6.45, 7) is 1.82. The van der Waals surface area contributed by atoms with Gasteiger partial charge in [-0.05, 0) is 6.42 Å². The fourth-order valence-corrected chi connectivity index (χ4v) is 0.849. The molecule has 0 aromatic heterocycles. The molecular formula is C7H9FO. The first kappa shape index (κ1) is 6.46. The topological polar surface area (TPSA) is 17.1 Å². The fraction of sp³-hybridized carbons (Fsp3) is 0.571. The Bertz CT molecular complexity index is 160. The van der Waals surface area contributed by atoms with Crippen molar-refractivity contribution in [3.63, 3.8) is 0 Å². The van der Waals surface area contributed by atoms with Crippen LogP contribution in [-0.2, 0) is 4.79 Å². The first-order valence-electron chi connectivity index (χ1n) is 3.07. The average molecular weight is 128 g/mol. The Morgan fingerprint density at radius 2 is 2.44 bits per heavy atom. The Hall–Kier alpha value is -0.660. The minimum Gasteiger partial charge on any atom is -0.299 e.